The Morgan fingerprint density at radius 2 is 1.93 bits per heavy atom. The normalized spacial score (nSPS) is 12.7. The summed E-state index contributed by atoms with van der Waals surface area (Å²) in [5, 5.41) is 12.0. The van der Waals surface area contributed by atoms with Crippen LogP contribution in [-0.4, -0.2) is 35.4 Å². The zero-order valence-electron chi connectivity index (χ0n) is 16.8. The Balaban J connectivity index is 1.88. The van der Waals surface area contributed by atoms with Crippen LogP contribution in [0.5, 0.6) is 5.75 Å². The summed E-state index contributed by atoms with van der Waals surface area (Å²) in [6.45, 7) is 7.64. The van der Waals surface area contributed by atoms with Crippen LogP contribution in [-0.2, 0) is 26.4 Å². The molecule has 0 amide bonds. The Labute approximate surface area is 167 Å². The van der Waals surface area contributed by atoms with Crippen LogP contribution in [0.15, 0.2) is 29.3 Å². The number of rotatable bonds is 8. The average Bonchev–Trinajstić information content (AvgIpc) is 2.98. The summed E-state index contributed by atoms with van der Waals surface area (Å²) in [6, 6.07) is 7.38. The standard InChI is InChI=1S/C20H30ClN5O/c1-6-18-17(19(7-2)26(5)25-18)13-24-20(22-4)23-12-14(3)27-16-10-8-15(21)9-11-16/h8-11,14H,6-7,12-13H2,1-5H3,(H2,22,23,24). The van der Waals surface area contributed by atoms with Crippen molar-refractivity contribution in [2.24, 2.45) is 12.0 Å². The molecule has 6 nitrogen and oxygen atoms in total. The number of guanidine groups is 1. The molecule has 1 atom stereocenters. The van der Waals surface area contributed by atoms with E-state index in [1.165, 1.54) is 11.3 Å². The maximum atomic E-state index is 5.90. The second kappa shape index (κ2) is 10.2. The van der Waals surface area contributed by atoms with Crippen LogP contribution >= 0.6 is 11.6 Å². The highest BCUT2D eigenvalue weighted by Crippen LogP contribution is 2.17. The minimum Gasteiger partial charge on any atom is -0.489 e. The van der Waals surface area contributed by atoms with Crippen molar-refractivity contribution in [3.8, 4) is 5.75 Å². The van der Waals surface area contributed by atoms with Gasteiger partial charge in [-0.05, 0) is 44.0 Å². The van der Waals surface area contributed by atoms with Crippen molar-refractivity contribution < 1.29 is 4.74 Å². The topological polar surface area (TPSA) is 63.5 Å². The van der Waals surface area contributed by atoms with E-state index in [4.69, 9.17) is 16.3 Å². The summed E-state index contributed by atoms with van der Waals surface area (Å²) in [7, 11) is 3.77. The Morgan fingerprint density at radius 3 is 2.52 bits per heavy atom. The molecule has 2 rings (SSSR count). The van der Waals surface area contributed by atoms with Crippen LogP contribution in [0.4, 0.5) is 0 Å². The highest BCUT2D eigenvalue weighted by molar-refractivity contribution is 6.30. The van der Waals surface area contributed by atoms with Crippen molar-refractivity contribution in [1.29, 1.82) is 0 Å². The number of halogens is 1. The first kappa shape index (κ1) is 21.1. The maximum absolute atomic E-state index is 5.90. The minimum absolute atomic E-state index is 0.0134. The van der Waals surface area contributed by atoms with Gasteiger partial charge in [0.2, 0.25) is 0 Å². The van der Waals surface area contributed by atoms with Crippen molar-refractivity contribution >= 4 is 17.6 Å². The molecule has 27 heavy (non-hydrogen) atoms. The van der Waals surface area contributed by atoms with E-state index in [9.17, 15) is 0 Å². The average molecular weight is 392 g/mol. The molecule has 1 aromatic carbocycles. The quantitative estimate of drug-likeness (QED) is 0.535. The molecule has 1 unspecified atom stereocenters. The van der Waals surface area contributed by atoms with Crippen LogP contribution in [0.3, 0.4) is 0 Å². The molecule has 7 heteroatoms. The number of aliphatic imine (C=N–C) groups is 1. The van der Waals surface area contributed by atoms with Crippen LogP contribution in [0, 0.1) is 0 Å². The fourth-order valence-corrected chi connectivity index (χ4v) is 3.14. The number of hydrogen-bond acceptors (Lipinski definition) is 3. The summed E-state index contributed by atoms with van der Waals surface area (Å²) >= 11 is 5.90. The van der Waals surface area contributed by atoms with E-state index < -0.39 is 0 Å². The number of ether oxygens (including phenoxy) is 1. The van der Waals surface area contributed by atoms with E-state index in [-0.39, 0.29) is 6.10 Å². The van der Waals surface area contributed by atoms with Gasteiger partial charge in [0, 0.05) is 36.9 Å². The van der Waals surface area contributed by atoms with Crippen molar-refractivity contribution in [2.75, 3.05) is 13.6 Å². The van der Waals surface area contributed by atoms with Gasteiger partial charge >= 0.3 is 0 Å². The third-order valence-corrected chi connectivity index (χ3v) is 4.64. The molecule has 0 radical (unpaired) electrons. The van der Waals surface area contributed by atoms with Crippen LogP contribution < -0.4 is 15.4 Å². The number of nitrogens with one attached hydrogen (secondary N) is 2. The number of aromatic nitrogens is 2. The van der Waals surface area contributed by atoms with Gasteiger partial charge in [-0.25, -0.2) is 0 Å². The van der Waals surface area contributed by atoms with Gasteiger partial charge in [-0.1, -0.05) is 25.4 Å². The predicted octanol–water partition coefficient (Wildman–Crippen LogP) is 3.33. The van der Waals surface area contributed by atoms with E-state index in [1.807, 2.05) is 42.9 Å². The Bertz CT molecular complexity index is 754. The minimum atomic E-state index is -0.0134. The molecular formula is C20H30ClN5O. The molecule has 2 aromatic rings. The monoisotopic (exact) mass is 391 g/mol. The molecule has 148 valence electrons. The first-order chi connectivity index (χ1) is 13.0. The second-order valence-electron chi connectivity index (χ2n) is 6.39. The summed E-state index contributed by atoms with van der Waals surface area (Å²) in [4.78, 5) is 4.31. The fourth-order valence-electron chi connectivity index (χ4n) is 3.01. The fraction of sp³-hybridized carbons (Fsp3) is 0.500. The third kappa shape index (κ3) is 5.89. The largest absolute Gasteiger partial charge is 0.489 e. The highest BCUT2D eigenvalue weighted by Gasteiger charge is 2.14. The van der Waals surface area contributed by atoms with Gasteiger partial charge < -0.3 is 15.4 Å². The number of nitrogens with zero attached hydrogens (tertiary/aromatic N) is 3. The summed E-state index contributed by atoms with van der Waals surface area (Å²) in [5.74, 6) is 1.54. The van der Waals surface area contributed by atoms with Crippen molar-refractivity contribution in [1.82, 2.24) is 20.4 Å². The Hall–Kier alpha value is -2.21. The van der Waals surface area contributed by atoms with Gasteiger partial charge in [0.1, 0.15) is 11.9 Å². The van der Waals surface area contributed by atoms with Gasteiger partial charge in [-0.3, -0.25) is 9.67 Å². The highest BCUT2D eigenvalue weighted by atomic mass is 35.5. The lowest BCUT2D eigenvalue weighted by Gasteiger charge is -2.18. The van der Waals surface area contributed by atoms with E-state index >= 15 is 0 Å². The lowest BCUT2D eigenvalue weighted by Crippen LogP contribution is -2.41. The number of hydrogen-bond donors (Lipinski definition) is 2. The SMILES string of the molecule is CCc1nn(C)c(CC)c1CNC(=NC)NCC(C)Oc1ccc(Cl)cc1. The molecule has 1 heterocycles. The molecule has 0 fully saturated rings. The summed E-state index contributed by atoms with van der Waals surface area (Å²) in [6.07, 6.45) is 1.86. The van der Waals surface area contributed by atoms with E-state index in [0.717, 1.165) is 30.2 Å². The van der Waals surface area contributed by atoms with Gasteiger partial charge in [0.05, 0.1) is 12.2 Å². The van der Waals surface area contributed by atoms with Gasteiger partial charge in [-0.2, -0.15) is 5.10 Å². The maximum Gasteiger partial charge on any atom is 0.191 e. The predicted molar refractivity (Wildman–Crippen MR) is 112 cm³/mol. The van der Waals surface area contributed by atoms with Gasteiger partial charge in [-0.15, -0.1) is 0 Å². The van der Waals surface area contributed by atoms with Crippen molar-refractivity contribution in [3.63, 3.8) is 0 Å². The number of aryl methyl sites for hydroxylation is 2. The lowest BCUT2D eigenvalue weighted by molar-refractivity contribution is 0.224. The van der Waals surface area contributed by atoms with Crippen LogP contribution in [0.1, 0.15) is 37.7 Å². The first-order valence-electron chi connectivity index (χ1n) is 9.38. The molecular weight excluding hydrogens is 362 g/mol. The molecule has 0 aliphatic rings. The molecule has 1 aromatic heterocycles. The molecule has 0 aliphatic carbocycles. The van der Waals surface area contributed by atoms with E-state index in [1.54, 1.807) is 7.05 Å². The molecule has 0 bridgehead atoms. The number of benzene rings is 1. The van der Waals surface area contributed by atoms with E-state index in [0.29, 0.717) is 18.1 Å². The molecule has 0 aliphatic heterocycles. The zero-order chi connectivity index (χ0) is 19.8. The summed E-state index contributed by atoms with van der Waals surface area (Å²) in [5.41, 5.74) is 3.65. The molecule has 0 spiro atoms. The lowest BCUT2D eigenvalue weighted by atomic mass is 10.1. The molecule has 0 saturated heterocycles. The smallest absolute Gasteiger partial charge is 0.191 e. The van der Waals surface area contributed by atoms with Crippen LogP contribution in [0.25, 0.3) is 0 Å². The Kier molecular flexibility index (Phi) is 7.98. The molecule has 0 saturated carbocycles. The Morgan fingerprint density at radius 1 is 1.22 bits per heavy atom. The van der Waals surface area contributed by atoms with Gasteiger partial charge in [0.25, 0.3) is 0 Å². The second-order valence-corrected chi connectivity index (χ2v) is 6.83. The zero-order valence-corrected chi connectivity index (χ0v) is 17.6. The first-order valence-corrected chi connectivity index (χ1v) is 9.76. The van der Waals surface area contributed by atoms with Crippen molar-refractivity contribution in [2.45, 2.75) is 46.3 Å². The molecule has 2 N–H and O–H groups in total. The van der Waals surface area contributed by atoms with Crippen LogP contribution in [0.2, 0.25) is 5.02 Å². The van der Waals surface area contributed by atoms with Crippen molar-refractivity contribution in [3.05, 3.63) is 46.2 Å². The van der Waals surface area contributed by atoms with Gasteiger partial charge in [0.15, 0.2) is 5.96 Å². The summed E-state index contributed by atoms with van der Waals surface area (Å²) < 4.78 is 7.87. The van der Waals surface area contributed by atoms with E-state index in [2.05, 4.69) is 34.6 Å². The third-order valence-electron chi connectivity index (χ3n) is 4.39.